The van der Waals surface area contributed by atoms with Crippen LogP contribution in [0.2, 0.25) is 0 Å². The first-order valence-corrected chi connectivity index (χ1v) is 3.78. The van der Waals surface area contributed by atoms with Gasteiger partial charge in [0, 0.05) is 5.92 Å². The number of hydrogen-bond acceptors (Lipinski definition) is 1. The van der Waals surface area contributed by atoms with E-state index in [1.54, 1.807) is 0 Å². The van der Waals surface area contributed by atoms with E-state index in [2.05, 4.69) is 5.73 Å². The predicted octanol–water partition coefficient (Wildman–Crippen LogP) is -0.221. The van der Waals surface area contributed by atoms with Gasteiger partial charge in [-0.1, -0.05) is 6.42 Å². The summed E-state index contributed by atoms with van der Waals surface area (Å²) in [5, 5.41) is 8.82. The summed E-state index contributed by atoms with van der Waals surface area (Å²) in [6.07, 6.45) is 5.00. The maximum Gasteiger partial charge on any atom is 0.0894 e. The number of rotatable bonds is 1. The van der Waals surface area contributed by atoms with E-state index in [1.165, 1.54) is 25.7 Å². The fourth-order valence-electron chi connectivity index (χ4n) is 1.52. The molecule has 1 aliphatic rings. The molecule has 0 radical (unpaired) electrons. The molecule has 1 fully saturated rings. The Kier molecular flexibility index (Phi) is 2.49. The van der Waals surface area contributed by atoms with Crippen LogP contribution in [0.25, 0.3) is 0 Å². The highest BCUT2D eigenvalue weighted by molar-refractivity contribution is 4.71. The van der Waals surface area contributed by atoms with Crippen LogP contribution in [0, 0.1) is 5.92 Å². The second kappa shape index (κ2) is 3.18. The van der Waals surface area contributed by atoms with Crippen molar-refractivity contribution in [2.75, 3.05) is 6.61 Å². The van der Waals surface area contributed by atoms with E-state index in [-0.39, 0.29) is 0 Å². The maximum atomic E-state index is 8.82. The molecule has 0 bridgehead atoms. The molecule has 2 heteroatoms. The molecule has 0 heterocycles. The summed E-state index contributed by atoms with van der Waals surface area (Å²) in [5.41, 5.74) is 3.99. The largest absolute Gasteiger partial charge is 0.396 e. The van der Waals surface area contributed by atoms with Crippen molar-refractivity contribution in [3.05, 3.63) is 0 Å². The molecule has 0 aromatic heterocycles. The smallest absolute Gasteiger partial charge is 0.0894 e. The molecule has 0 aromatic rings. The molecule has 1 aliphatic carbocycles. The zero-order valence-electron chi connectivity index (χ0n) is 5.84. The van der Waals surface area contributed by atoms with Crippen molar-refractivity contribution in [2.45, 2.75) is 31.7 Å². The van der Waals surface area contributed by atoms with Gasteiger partial charge in [0.05, 0.1) is 12.6 Å². The number of hydrogen-bond donors (Lipinski definition) is 2. The molecule has 2 nitrogen and oxygen atoms in total. The highest BCUT2D eigenvalue weighted by atomic mass is 16.3. The topological polar surface area (TPSA) is 47.9 Å². The molecule has 2 atom stereocenters. The monoisotopic (exact) mass is 130 g/mol. The molecule has 0 amide bonds. The quantitative estimate of drug-likeness (QED) is 0.506. The average molecular weight is 130 g/mol. The highest BCUT2D eigenvalue weighted by Crippen LogP contribution is 2.20. The lowest BCUT2D eigenvalue weighted by Crippen LogP contribution is -2.65. The van der Waals surface area contributed by atoms with Gasteiger partial charge in [0.2, 0.25) is 0 Å². The van der Waals surface area contributed by atoms with Crippen LogP contribution < -0.4 is 5.73 Å². The van der Waals surface area contributed by atoms with Crippen LogP contribution in [0.3, 0.4) is 0 Å². The fourth-order valence-corrected chi connectivity index (χ4v) is 1.52. The van der Waals surface area contributed by atoms with E-state index >= 15 is 0 Å². The Bertz CT molecular complexity index is 85.0. The Labute approximate surface area is 56.1 Å². The number of quaternary nitrogens is 1. The summed E-state index contributed by atoms with van der Waals surface area (Å²) in [6, 6.07) is 0.517. The van der Waals surface area contributed by atoms with Crippen molar-refractivity contribution in [3.8, 4) is 0 Å². The summed E-state index contributed by atoms with van der Waals surface area (Å²) >= 11 is 0. The lowest BCUT2D eigenvalue weighted by atomic mass is 9.86. The number of aliphatic hydroxyl groups excluding tert-OH is 1. The number of aliphatic hydroxyl groups is 1. The van der Waals surface area contributed by atoms with Crippen LogP contribution in [-0.2, 0) is 0 Å². The zero-order valence-corrected chi connectivity index (χ0v) is 5.84. The van der Waals surface area contributed by atoms with Gasteiger partial charge in [-0.3, -0.25) is 0 Å². The van der Waals surface area contributed by atoms with Gasteiger partial charge >= 0.3 is 0 Å². The third kappa shape index (κ3) is 1.66. The van der Waals surface area contributed by atoms with Gasteiger partial charge in [-0.2, -0.15) is 0 Å². The van der Waals surface area contributed by atoms with E-state index in [1.807, 2.05) is 0 Å². The first-order valence-electron chi connectivity index (χ1n) is 3.78. The lowest BCUT2D eigenvalue weighted by Gasteiger charge is -2.23. The SMILES string of the molecule is [NH3+][C@H]1CCCC[C@H]1CO. The minimum absolute atomic E-state index is 0.341. The van der Waals surface area contributed by atoms with Gasteiger partial charge in [0.1, 0.15) is 0 Å². The van der Waals surface area contributed by atoms with Crippen molar-refractivity contribution >= 4 is 0 Å². The first kappa shape index (κ1) is 7.03. The molecular weight excluding hydrogens is 114 g/mol. The third-order valence-corrected chi connectivity index (χ3v) is 2.30. The fraction of sp³-hybridized carbons (Fsp3) is 1.00. The molecule has 1 rings (SSSR count). The van der Waals surface area contributed by atoms with E-state index in [4.69, 9.17) is 5.11 Å². The van der Waals surface area contributed by atoms with Crippen LogP contribution in [0.1, 0.15) is 25.7 Å². The van der Waals surface area contributed by atoms with E-state index in [0.717, 1.165) is 0 Å². The van der Waals surface area contributed by atoms with Crippen molar-refractivity contribution in [1.82, 2.24) is 0 Å². The average Bonchev–Trinajstić information content (AvgIpc) is 1.89. The van der Waals surface area contributed by atoms with Gasteiger partial charge in [-0.05, 0) is 19.3 Å². The van der Waals surface area contributed by atoms with E-state index in [0.29, 0.717) is 18.6 Å². The van der Waals surface area contributed by atoms with E-state index < -0.39 is 0 Å². The second-order valence-corrected chi connectivity index (χ2v) is 2.99. The Morgan fingerprint density at radius 1 is 1.33 bits per heavy atom. The van der Waals surface area contributed by atoms with Crippen LogP contribution in [0.5, 0.6) is 0 Å². The molecule has 0 unspecified atom stereocenters. The van der Waals surface area contributed by atoms with Crippen LogP contribution in [0.15, 0.2) is 0 Å². The highest BCUT2D eigenvalue weighted by Gasteiger charge is 2.23. The van der Waals surface area contributed by atoms with Crippen LogP contribution in [-0.4, -0.2) is 17.8 Å². The van der Waals surface area contributed by atoms with Gasteiger partial charge in [0.25, 0.3) is 0 Å². The summed E-state index contributed by atoms with van der Waals surface area (Å²) < 4.78 is 0. The summed E-state index contributed by atoms with van der Waals surface area (Å²) in [6.45, 7) is 0.341. The predicted molar refractivity (Wildman–Crippen MR) is 35.7 cm³/mol. The van der Waals surface area contributed by atoms with Crippen LogP contribution in [0.4, 0.5) is 0 Å². The third-order valence-electron chi connectivity index (χ3n) is 2.30. The summed E-state index contributed by atoms with van der Waals surface area (Å²) in [5.74, 6) is 0.499. The Hall–Kier alpha value is -0.0800. The minimum atomic E-state index is 0.341. The Balaban J connectivity index is 2.30. The first-order chi connectivity index (χ1) is 4.34. The van der Waals surface area contributed by atoms with Crippen molar-refractivity contribution < 1.29 is 10.8 Å². The summed E-state index contributed by atoms with van der Waals surface area (Å²) in [4.78, 5) is 0. The molecule has 1 saturated carbocycles. The van der Waals surface area contributed by atoms with Gasteiger partial charge < -0.3 is 10.8 Å². The van der Waals surface area contributed by atoms with Gasteiger partial charge in [-0.25, -0.2) is 0 Å². The van der Waals surface area contributed by atoms with E-state index in [9.17, 15) is 0 Å². The molecule has 4 N–H and O–H groups in total. The second-order valence-electron chi connectivity index (χ2n) is 2.99. The van der Waals surface area contributed by atoms with Gasteiger partial charge in [-0.15, -0.1) is 0 Å². The molecular formula is C7H16NO+. The molecule has 0 aliphatic heterocycles. The molecule has 0 spiro atoms. The van der Waals surface area contributed by atoms with Gasteiger partial charge in [0.15, 0.2) is 0 Å². The van der Waals surface area contributed by atoms with Crippen molar-refractivity contribution in [1.29, 1.82) is 0 Å². The Morgan fingerprint density at radius 2 is 2.00 bits per heavy atom. The Morgan fingerprint density at radius 3 is 2.44 bits per heavy atom. The van der Waals surface area contributed by atoms with Crippen molar-refractivity contribution in [3.63, 3.8) is 0 Å². The minimum Gasteiger partial charge on any atom is -0.396 e. The zero-order chi connectivity index (χ0) is 6.69. The summed E-state index contributed by atoms with van der Waals surface area (Å²) in [7, 11) is 0. The molecule has 9 heavy (non-hydrogen) atoms. The normalized spacial score (nSPS) is 36.7. The van der Waals surface area contributed by atoms with Crippen LogP contribution >= 0.6 is 0 Å². The molecule has 0 saturated heterocycles. The standard InChI is InChI=1S/C7H15NO/c8-7-4-2-1-3-6(7)5-9/h6-7,9H,1-5,8H2/p+1/t6-,7-/m0/s1. The van der Waals surface area contributed by atoms with Crippen molar-refractivity contribution in [2.24, 2.45) is 5.92 Å². The maximum absolute atomic E-state index is 8.82. The lowest BCUT2D eigenvalue weighted by molar-refractivity contribution is -0.439. The molecule has 0 aromatic carbocycles. The molecule has 54 valence electrons.